The number of fused-ring (bicyclic) bond motifs is 1. The molecule has 5 nitrogen and oxygen atoms in total. The largest absolute Gasteiger partial charge is 0.496 e. The normalized spacial score (nSPS) is 10.3. The molecule has 0 aliphatic rings. The number of halogens is 1. The molecule has 3 rings (SSSR count). The van der Waals surface area contributed by atoms with Crippen LogP contribution < -0.4 is 15.4 Å². The number of thiocarbonyl (C=S) groups is 1. The van der Waals surface area contributed by atoms with Crippen LogP contribution in [0.5, 0.6) is 5.75 Å². The van der Waals surface area contributed by atoms with Crippen molar-refractivity contribution in [1.82, 2.24) is 10.3 Å². The Kier molecular flexibility index (Phi) is 5.11. The van der Waals surface area contributed by atoms with Crippen molar-refractivity contribution >= 4 is 51.4 Å². The molecule has 0 aliphatic heterocycles. The standard InChI is InChI=1S/C18H14ClN3O2S/c1-24-15-8-7-12(19)10-13(15)17(23)22-18(25)21-14-6-2-4-11-5-3-9-20-16(11)14/h2-10H,1H3,(H2,21,22,23,25). The van der Waals surface area contributed by atoms with E-state index in [-0.39, 0.29) is 5.11 Å². The summed E-state index contributed by atoms with van der Waals surface area (Å²) in [6.07, 6.45) is 1.70. The summed E-state index contributed by atoms with van der Waals surface area (Å²) in [6.45, 7) is 0. The highest BCUT2D eigenvalue weighted by atomic mass is 35.5. The van der Waals surface area contributed by atoms with Crippen molar-refractivity contribution in [3.63, 3.8) is 0 Å². The van der Waals surface area contributed by atoms with Gasteiger partial charge in [0, 0.05) is 16.6 Å². The Bertz CT molecular complexity index is 957. The first-order valence-electron chi connectivity index (χ1n) is 7.38. The number of methoxy groups -OCH3 is 1. The van der Waals surface area contributed by atoms with Gasteiger partial charge in [0.25, 0.3) is 5.91 Å². The number of anilines is 1. The van der Waals surface area contributed by atoms with Crippen LogP contribution in [0.25, 0.3) is 10.9 Å². The summed E-state index contributed by atoms with van der Waals surface area (Å²) in [6, 6.07) is 14.3. The van der Waals surface area contributed by atoms with Crippen LogP contribution >= 0.6 is 23.8 Å². The number of nitrogens with zero attached hydrogens (tertiary/aromatic N) is 1. The number of benzene rings is 2. The molecule has 0 fully saturated rings. The topological polar surface area (TPSA) is 63.2 Å². The summed E-state index contributed by atoms with van der Waals surface area (Å²) >= 11 is 11.2. The van der Waals surface area contributed by atoms with Crippen LogP contribution in [0, 0.1) is 0 Å². The van der Waals surface area contributed by atoms with E-state index in [4.69, 9.17) is 28.6 Å². The lowest BCUT2D eigenvalue weighted by atomic mass is 10.2. The highest BCUT2D eigenvalue weighted by molar-refractivity contribution is 7.80. The average molecular weight is 372 g/mol. The molecule has 0 atom stereocenters. The molecule has 25 heavy (non-hydrogen) atoms. The quantitative estimate of drug-likeness (QED) is 0.681. The number of hydrogen-bond donors (Lipinski definition) is 2. The Morgan fingerprint density at radius 3 is 2.80 bits per heavy atom. The SMILES string of the molecule is COc1ccc(Cl)cc1C(=O)NC(=S)Nc1cccc2cccnc12. The van der Waals surface area contributed by atoms with Gasteiger partial charge >= 0.3 is 0 Å². The van der Waals surface area contributed by atoms with E-state index < -0.39 is 5.91 Å². The van der Waals surface area contributed by atoms with E-state index >= 15 is 0 Å². The first-order valence-corrected chi connectivity index (χ1v) is 8.17. The van der Waals surface area contributed by atoms with Crippen molar-refractivity contribution in [3.8, 4) is 5.75 Å². The number of ether oxygens (including phenoxy) is 1. The van der Waals surface area contributed by atoms with Gasteiger partial charge in [-0.2, -0.15) is 0 Å². The van der Waals surface area contributed by atoms with Crippen molar-refractivity contribution in [1.29, 1.82) is 0 Å². The Balaban J connectivity index is 1.78. The van der Waals surface area contributed by atoms with Gasteiger partial charge in [0.05, 0.1) is 23.9 Å². The fraction of sp³-hybridized carbons (Fsp3) is 0.0556. The van der Waals surface area contributed by atoms with Gasteiger partial charge in [0.1, 0.15) is 5.75 Å². The zero-order valence-corrected chi connectivity index (χ0v) is 14.8. The van der Waals surface area contributed by atoms with Crippen molar-refractivity contribution < 1.29 is 9.53 Å². The maximum Gasteiger partial charge on any atom is 0.261 e. The lowest BCUT2D eigenvalue weighted by molar-refractivity contribution is 0.0975. The van der Waals surface area contributed by atoms with E-state index in [0.29, 0.717) is 22.0 Å². The van der Waals surface area contributed by atoms with Crippen molar-refractivity contribution in [3.05, 3.63) is 65.3 Å². The fourth-order valence-corrected chi connectivity index (χ4v) is 2.76. The molecule has 0 spiro atoms. The van der Waals surface area contributed by atoms with E-state index in [2.05, 4.69) is 15.6 Å². The van der Waals surface area contributed by atoms with Gasteiger partial charge in [0.15, 0.2) is 5.11 Å². The first-order chi connectivity index (χ1) is 12.1. The van der Waals surface area contributed by atoms with Crippen LogP contribution in [0.15, 0.2) is 54.7 Å². The molecule has 0 bridgehead atoms. The van der Waals surface area contributed by atoms with E-state index in [9.17, 15) is 4.79 Å². The van der Waals surface area contributed by atoms with Crippen LogP contribution in [0.3, 0.4) is 0 Å². The summed E-state index contributed by atoms with van der Waals surface area (Å²) in [5.74, 6) is 0.00146. The van der Waals surface area contributed by atoms with Crippen LogP contribution in [0.2, 0.25) is 5.02 Å². The molecule has 1 heterocycles. The second kappa shape index (κ2) is 7.46. The van der Waals surface area contributed by atoms with E-state index in [0.717, 1.165) is 10.9 Å². The Morgan fingerprint density at radius 1 is 1.20 bits per heavy atom. The zero-order chi connectivity index (χ0) is 17.8. The summed E-state index contributed by atoms with van der Waals surface area (Å²) in [5, 5.41) is 7.19. The minimum atomic E-state index is -0.412. The molecule has 0 aliphatic carbocycles. The Hall–Kier alpha value is -2.70. The van der Waals surface area contributed by atoms with Gasteiger partial charge in [-0.25, -0.2) is 0 Å². The third kappa shape index (κ3) is 3.87. The van der Waals surface area contributed by atoms with Gasteiger partial charge in [-0.3, -0.25) is 15.1 Å². The molecule has 0 radical (unpaired) electrons. The van der Waals surface area contributed by atoms with Crippen molar-refractivity contribution in [2.45, 2.75) is 0 Å². The molecule has 0 saturated carbocycles. The number of rotatable bonds is 3. The van der Waals surface area contributed by atoms with Crippen molar-refractivity contribution in [2.24, 2.45) is 0 Å². The van der Waals surface area contributed by atoms with Crippen molar-refractivity contribution in [2.75, 3.05) is 12.4 Å². The van der Waals surface area contributed by atoms with Crippen LogP contribution in [0.4, 0.5) is 5.69 Å². The van der Waals surface area contributed by atoms with Gasteiger partial charge in [-0.1, -0.05) is 29.8 Å². The lowest BCUT2D eigenvalue weighted by Crippen LogP contribution is -2.34. The number of aromatic nitrogens is 1. The monoisotopic (exact) mass is 371 g/mol. The van der Waals surface area contributed by atoms with Gasteiger partial charge in [-0.15, -0.1) is 0 Å². The van der Waals surface area contributed by atoms with E-state index in [1.54, 1.807) is 18.3 Å². The lowest BCUT2D eigenvalue weighted by Gasteiger charge is -2.13. The smallest absolute Gasteiger partial charge is 0.261 e. The second-order valence-electron chi connectivity index (χ2n) is 5.13. The maximum absolute atomic E-state index is 12.4. The van der Waals surface area contributed by atoms with E-state index in [1.807, 2.05) is 30.3 Å². The minimum Gasteiger partial charge on any atom is -0.496 e. The maximum atomic E-state index is 12.4. The molecule has 1 amide bonds. The fourth-order valence-electron chi connectivity index (χ4n) is 2.39. The Labute approximate surface area is 155 Å². The number of pyridine rings is 1. The molecule has 126 valence electrons. The van der Waals surface area contributed by atoms with Gasteiger partial charge < -0.3 is 10.1 Å². The number of hydrogen-bond acceptors (Lipinski definition) is 4. The molecule has 0 saturated heterocycles. The van der Waals surface area contributed by atoms with Gasteiger partial charge in [0.2, 0.25) is 0 Å². The third-order valence-corrected chi connectivity index (χ3v) is 3.95. The molecule has 7 heteroatoms. The summed E-state index contributed by atoms with van der Waals surface area (Å²) in [7, 11) is 1.48. The molecule has 1 aromatic heterocycles. The molecule has 3 aromatic rings. The highest BCUT2D eigenvalue weighted by Crippen LogP contribution is 2.23. The predicted octanol–water partition coefficient (Wildman–Crippen LogP) is 4.02. The predicted molar refractivity (Wildman–Crippen MR) is 103 cm³/mol. The molecule has 2 N–H and O–H groups in total. The van der Waals surface area contributed by atoms with Gasteiger partial charge in [-0.05, 0) is 42.5 Å². The number of para-hydroxylation sites is 1. The summed E-state index contributed by atoms with van der Waals surface area (Å²) in [4.78, 5) is 16.8. The number of amides is 1. The number of nitrogens with one attached hydrogen (secondary N) is 2. The zero-order valence-electron chi connectivity index (χ0n) is 13.2. The third-order valence-electron chi connectivity index (χ3n) is 3.51. The second-order valence-corrected chi connectivity index (χ2v) is 5.98. The van der Waals surface area contributed by atoms with Crippen LogP contribution in [-0.4, -0.2) is 23.1 Å². The Morgan fingerprint density at radius 2 is 2.00 bits per heavy atom. The number of carbonyl (C=O) groups excluding carboxylic acids is 1. The summed E-state index contributed by atoms with van der Waals surface area (Å²) < 4.78 is 5.19. The van der Waals surface area contributed by atoms with E-state index in [1.165, 1.54) is 13.2 Å². The van der Waals surface area contributed by atoms with Crippen LogP contribution in [0.1, 0.15) is 10.4 Å². The molecular formula is C18H14ClN3O2S. The molecule has 2 aromatic carbocycles. The molecular weight excluding hydrogens is 358 g/mol. The first kappa shape index (κ1) is 17.1. The average Bonchev–Trinajstić information content (AvgIpc) is 2.62. The molecule has 0 unspecified atom stereocenters. The minimum absolute atomic E-state index is 0.158. The van der Waals surface area contributed by atoms with Crippen LogP contribution in [-0.2, 0) is 0 Å². The highest BCUT2D eigenvalue weighted by Gasteiger charge is 2.15. The number of carbonyl (C=O) groups is 1. The summed E-state index contributed by atoms with van der Waals surface area (Å²) in [5.41, 5.74) is 1.78.